The van der Waals surface area contributed by atoms with E-state index >= 15 is 0 Å². The number of amides is 1. The maximum Gasteiger partial charge on any atom is 0.219 e. The lowest BCUT2D eigenvalue weighted by Gasteiger charge is -2.34. The van der Waals surface area contributed by atoms with Gasteiger partial charge in [0, 0.05) is 44.0 Å². The van der Waals surface area contributed by atoms with E-state index in [1.165, 1.54) is 0 Å². The zero-order chi connectivity index (χ0) is 15.8. The second-order valence-electron chi connectivity index (χ2n) is 5.49. The van der Waals surface area contributed by atoms with Gasteiger partial charge in [0.1, 0.15) is 5.82 Å². The van der Waals surface area contributed by atoms with Crippen LogP contribution in [-0.4, -0.2) is 56.8 Å². The van der Waals surface area contributed by atoms with Crippen molar-refractivity contribution >= 4 is 28.7 Å². The quantitative estimate of drug-likeness (QED) is 0.713. The lowest BCUT2D eigenvalue weighted by molar-refractivity contribution is -0.129. The van der Waals surface area contributed by atoms with Crippen LogP contribution >= 0.6 is 11.3 Å². The van der Waals surface area contributed by atoms with E-state index < -0.39 is 0 Å². The van der Waals surface area contributed by atoms with Crippen LogP contribution in [0.15, 0.2) is 29.0 Å². The molecule has 1 fully saturated rings. The Morgan fingerprint density at radius 1 is 1.13 bits per heavy atom. The number of thiophene rings is 1. The molecule has 4 heterocycles. The van der Waals surface area contributed by atoms with Crippen molar-refractivity contribution in [2.24, 2.45) is 0 Å². The van der Waals surface area contributed by atoms with Gasteiger partial charge in [-0.05, 0) is 23.6 Å². The summed E-state index contributed by atoms with van der Waals surface area (Å²) < 4.78 is 1.79. The van der Waals surface area contributed by atoms with Gasteiger partial charge >= 0.3 is 0 Å². The second-order valence-corrected chi connectivity index (χ2v) is 6.27. The molecule has 0 N–H and O–H groups in total. The molecule has 0 aromatic carbocycles. The molecule has 0 bridgehead atoms. The summed E-state index contributed by atoms with van der Waals surface area (Å²) in [4.78, 5) is 15.5. The second kappa shape index (κ2) is 5.62. The first-order chi connectivity index (χ1) is 11.2. The molecule has 0 spiro atoms. The van der Waals surface area contributed by atoms with E-state index in [0.717, 1.165) is 49.0 Å². The minimum Gasteiger partial charge on any atom is -0.352 e. The minimum atomic E-state index is 0.131. The van der Waals surface area contributed by atoms with Crippen LogP contribution in [0, 0.1) is 0 Å². The number of fused-ring (bicyclic) bond motifs is 1. The molecule has 0 aliphatic carbocycles. The van der Waals surface area contributed by atoms with Crippen molar-refractivity contribution in [2.75, 3.05) is 31.1 Å². The number of piperazine rings is 1. The number of hydrogen-bond donors (Lipinski definition) is 0. The van der Waals surface area contributed by atoms with Crippen molar-refractivity contribution in [3.63, 3.8) is 0 Å². The summed E-state index contributed by atoms with van der Waals surface area (Å²) in [6.07, 6.45) is 0. The number of carbonyl (C=O) groups is 1. The van der Waals surface area contributed by atoms with Crippen LogP contribution in [0.1, 0.15) is 6.92 Å². The van der Waals surface area contributed by atoms with E-state index in [0.29, 0.717) is 0 Å². The Bertz CT molecular complexity index is 835. The van der Waals surface area contributed by atoms with Crippen LogP contribution in [0.3, 0.4) is 0 Å². The summed E-state index contributed by atoms with van der Waals surface area (Å²) in [6, 6.07) is 5.91. The first kappa shape index (κ1) is 14.1. The Balaban J connectivity index is 1.64. The topological polar surface area (TPSA) is 66.6 Å². The fourth-order valence-corrected chi connectivity index (χ4v) is 3.40. The summed E-state index contributed by atoms with van der Waals surface area (Å²) in [5.74, 6) is 1.77. The van der Waals surface area contributed by atoms with Crippen molar-refractivity contribution in [2.45, 2.75) is 6.92 Å². The predicted molar refractivity (Wildman–Crippen MR) is 88.6 cm³/mol. The Kier molecular flexibility index (Phi) is 3.45. The molecule has 1 amide bonds. The summed E-state index contributed by atoms with van der Waals surface area (Å²) in [7, 11) is 0. The van der Waals surface area contributed by atoms with Crippen LogP contribution in [0.5, 0.6) is 0 Å². The number of aromatic nitrogens is 4. The monoisotopic (exact) mass is 328 g/mol. The van der Waals surface area contributed by atoms with Gasteiger partial charge in [-0.2, -0.15) is 15.9 Å². The standard InChI is InChI=1S/C15H16N6OS/c1-11(22)19-5-7-20(8-6-19)14-3-2-13-16-17-15(21(13)18-14)12-4-9-23-10-12/h2-4,9-10H,5-8H2,1H3. The molecule has 0 radical (unpaired) electrons. The fourth-order valence-electron chi connectivity index (χ4n) is 2.77. The molecule has 7 nitrogen and oxygen atoms in total. The van der Waals surface area contributed by atoms with E-state index in [1.807, 2.05) is 33.9 Å². The maximum atomic E-state index is 11.4. The minimum absolute atomic E-state index is 0.131. The molecule has 23 heavy (non-hydrogen) atoms. The fraction of sp³-hybridized carbons (Fsp3) is 0.333. The van der Waals surface area contributed by atoms with Crippen molar-refractivity contribution in [3.8, 4) is 11.4 Å². The highest BCUT2D eigenvalue weighted by Gasteiger charge is 2.20. The highest BCUT2D eigenvalue weighted by Crippen LogP contribution is 2.22. The van der Waals surface area contributed by atoms with E-state index in [4.69, 9.17) is 5.10 Å². The first-order valence-electron chi connectivity index (χ1n) is 7.48. The zero-order valence-corrected chi connectivity index (χ0v) is 13.5. The Morgan fingerprint density at radius 2 is 1.96 bits per heavy atom. The van der Waals surface area contributed by atoms with Crippen LogP contribution in [0.4, 0.5) is 5.82 Å². The van der Waals surface area contributed by atoms with Crippen molar-refractivity contribution in [1.82, 2.24) is 24.7 Å². The maximum absolute atomic E-state index is 11.4. The smallest absolute Gasteiger partial charge is 0.219 e. The lowest BCUT2D eigenvalue weighted by atomic mass is 10.3. The Morgan fingerprint density at radius 3 is 2.65 bits per heavy atom. The van der Waals surface area contributed by atoms with Gasteiger partial charge in [0.05, 0.1) is 0 Å². The summed E-state index contributed by atoms with van der Waals surface area (Å²) in [5, 5.41) is 17.2. The zero-order valence-electron chi connectivity index (χ0n) is 12.7. The summed E-state index contributed by atoms with van der Waals surface area (Å²) >= 11 is 1.62. The van der Waals surface area contributed by atoms with Crippen LogP contribution in [0.25, 0.3) is 17.0 Å². The molecule has 4 rings (SSSR count). The highest BCUT2D eigenvalue weighted by atomic mass is 32.1. The number of rotatable bonds is 2. The van der Waals surface area contributed by atoms with Gasteiger partial charge in [0.15, 0.2) is 11.5 Å². The molecule has 1 aliphatic heterocycles. The van der Waals surface area contributed by atoms with E-state index in [9.17, 15) is 4.79 Å². The lowest BCUT2D eigenvalue weighted by Crippen LogP contribution is -2.48. The van der Waals surface area contributed by atoms with E-state index in [1.54, 1.807) is 22.8 Å². The van der Waals surface area contributed by atoms with Gasteiger partial charge in [0.2, 0.25) is 5.91 Å². The highest BCUT2D eigenvalue weighted by molar-refractivity contribution is 7.08. The average molecular weight is 328 g/mol. The summed E-state index contributed by atoms with van der Waals surface area (Å²) in [5.41, 5.74) is 1.76. The third kappa shape index (κ3) is 2.55. The molecule has 0 atom stereocenters. The molecular weight excluding hydrogens is 312 g/mol. The van der Waals surface area contributed by atoms with Gasteiger partial charge in [-0.15, -0.1) is 15.3 Å². The number of nitrogens with zero attached hydrogens (tertiary/aromatic N) is 6. The third-order valence-electron chi connectivity index (χ3n) is 4.08. The first-order valence-corrected chi connectivity index (χ1v) is 8.42. The molecule has 0 unspecified atom stereocenters. The van der Waals surface area contributed by atoms with E-state index in [2.05, 4.69) is 15.1 Å². The number of anilines is 1. The molecule has 3 aromatic heterocycles. The largest absolute Gasteiger partial charge is 0.352 e. The number of hydrogen-bond acceptors (Lipinski definition) is 6. The van der Waals surface area contributed by atoms with Crippen LogP contribution in [0.2, 0.25) is 0 Å². The Hall–Kier alpha value is -2.48. The van der Waals surface area contributed by atoms with E-state index in [-0.39, 0.29) is 5.91 Å². The Labute approximate surface area is 137 Å². The predicted octanol–water partition coefficient (Wildman–Crippen LogP) is 1.52. The van der Waals surface area contributed by atoms with Crippen molar-refractivity contribution in [3.05, 3.63) is 29.0 Å². The van der Waals surface area contributed by atoms with Gasteiger partial charge in [0.25, 0.3) is 0 Å². The molecule has 0 saturated carbocycles. The SMILES string of the molecule is CC(=O)N1CCN(c2ccc3nnc(-c4ccsc4)n3n2)CC1. The van der Waals surface area contributed by atoms with Gasteiger partial charge in [-0.3, -0.25) is 4.79 Å². The normalized spacial score (nSPS) is 15.3. The third-order valence-corrected chi connectivity index (χ3v) is 4.76. The van der Waals surface area contributed by atoms with Crippen molar-refractivity contribution in [1.29, 1.82) is 0 Å². The van der Waals surface area contributed by atoms with Gasteiger partial charge < -0.3 is 9.80 Å². The molecular formula is C15H16N6OS. The van der Waals surface area contributed by atoms with Crippen molar-refractivity contribution < 1.29 is 4.79 Å². The molecule has 118 valence electrons. The van der Waals surface area contributed by atoms with Gasteiger partial charge in [-0.25, -0.2) is 0 Å². The number of carbonyl (C=O) groups excluding carboxylic acids is 1. The molecule has 8 heteroatoms. The van der Waals surface area contributed by atoms with Crippen LogP contribution < -0.4 is 4.90 Å². The summed E-state index contributed by atoms with van der Waals surface area (Å²) in [6.45, 7) is 4.65. The van der Waals surface area contributed by atoms with Crippen LogP contribution in [-0.2, 0) is 4.79 Å². The average Bonchev–Trinajstić information content (AvgIpc) is 3.23. The molecule has 1 aliphatic rings. The van der Waals surface area contributed by atoms with Gasteiger partial charge in [-0.1, -0.05) is 0 Å². The molecule has 1 saturated heterocycles. The molecule has 3 aromatic rings.